The molecule has 17 heavy (non-hydrogen) atoms. The van der Waals surface area contributed by atoms with E-state index in [1.807, 2.05) is 0 Å². The average Bonchev–Trinajstić information content (AvgIpc) is 2.95. The predicted octanol–water partition coefficient (Wildman–Crippen LogP) is 4.20. The smallest absolute Gasteiger partial charge is 0.0690 e. The molecule has 2 aromatic rings. The van der Waals surface area contributed by atoms with Gasteiger partial charge in [0.1, 0.15) is 0 Å². The van der Waals surface area contributed by atoms with Crippen LogP contribution in [0.15, 0.2) is 54.9 Å². The van der Waals surface area contributed by atoms with E-state index in [0.29, 0.717) is 0 Å². The average molecular weight is 225 g/mol. The van der Waals surface area contributed by atoms with E-state index in [1.54, 1.807) is 0 Å². The highest BCUT2D eigenvalue weighted by atomic mass is 15.0. The number of hydrogen-bond donors (Lipinski definition) is 0. The molecule has 0 N–H and O–H groups in total. The second-order valence-electron chi connectivity index (χ2n) is 5.05. The summed E-state index contributed by atoms with van der Waals surface area (Å²) in [5.41, 5.74) is 1.68. The maximum atomic E-state index is 2.42. The monoisotopic (exact) mass is 225 g/mol. The second-order valence-corrected chi connectivity index (χ2v) is 5.05. The van der Waals surface area contributed by atoms with Gasteiger partial charge < -0.3 is 4.57 Å². The minimum atomic E-state index is 0.211. The molecule has 1 aliphatic rings. The Morgan fingerprint density at radius 1 is 0.765 bits per heavy atom. The molecule has 1 fully saturated rings. The van der Waals surface area contributed by atoms with Crippen LogP contribution in [-0.2, 0) is 5.54 Å². The van der Waals surface area contributed by atoms with E-state index in [-0.39, 0.29) is 5.54 Å². The summed E-state index contributed by atoms with van der Waals surface area (Å²) in [4.78, 5) is 0. The fourth-order valence-electron chi connectivity index (χ4n) is 3.20. The number of aromatic nitrogens is 1. The normalized spacial score (nSPS) is 19.1. The Kier molecular flexibility index (Phi) is 2.76. The van der Waals surface area contributed by atoms with Crippen molar-refractivity contribution >= 4 is 0 Å². The zero-order valence-corrected chi connectivity index (χ0v) is 10.2. The summed E-state index contributed by atoms with van der Waals surface area (Å²) in [6.45, 7) is 0. The highest BCUT2D eigenvalue weighted by Gasteiger charge is 2.34. The van der Waals surface area contributed by atoms with Gasteiger partial charge in [0.2, 0.25) is 0 Å². The van der Waals surface area contributed by atoms with Gasteiger partial charge in [-0.15, -0.1) is 0 Å². The molecular weight excluding hydrogens is 206 g/mol. The molecule has 0 bridgehead atoms. The van der Waals surface area contributed by atoms with Crippen LogP contribution >= 0.6 is 0 Å². The Morgan fingerprint density at radius 3 is 2.06 bits per heavy atom. The first-order valence-electron chi connectivity index (χ1n) is 6.61. The molecular formula is C16H19N. The molecule has 0 unspecified atom stereocenters. The van der Waals surface area contributed by atoms with Crippen LogP contribution < -0.4 is 0 Å². The molecule has 1 nitrogen and oxygen atoms in total. The maximum Gasteiger partial charge on any atom is 0.0690 e. The van der Waals surface area contributed by atoms with Crippen LogP contribution in [-0.4, -0.2) is 4.57 Å². The van der Waals surface area contributed by atoms with Crippen molar-refractivity contribution in [1.29, 1.82) is 0 Å². The van der Waals surface area contributed by atoms with Crippen molar-refractivity contribution in [2.75, 3.05) is 0 Å². The summed E-state index contributed by atoms with van der Waals surface area (Å²) in [5.74, 6) is 0. The van der Waals surface area contributed by atoms with Gasteiger partial charge >= 0.3 is 0 Å². The van der Waals surface area contributed by atoms with Crippen LogP contribution in [0.25, 0.3) is 0 Å². The van der Waals surface area contributed by atoms with Crippen molar-refractivity contribution in [3.63, 3.8) is 0 Å². The van der Waals surface area contributed by atoms with Gasteiger partial charge in [-0.05, 0) is 30.5 Å². The fraction of sp³-hybridized carbons (Fsp3) is 0.375. The standard InChI is InChI=1S/C16H19N/c1-3-9-15(10-4-1)16(11-5-2-6-12-16)17-13-7-8-14-17/h1,3-4,7-10,13-14H,2,5-6,11-12H2. The minimum absolute atomic E-state index is 0.211. The summed E-state index contributed by atoms with van der Waals surface area (Å²) in [5, 5.41) is 0. The first-order valence-corrected chi connectivity index (χ1v) is 6.61. The Bertz CT molecular complexity index is 450. The quantitative estimate of drug-likeness (QED) is 0.722. The third-order valence-electron chi connectivity index (χ3n) is 4.09. The van der Waals surface area contributed by atoms with E-state index in [1.165, 1.54) is 37.7 Å². The van der Waals surface area contributed by atoms with Gasteiger partial charge in [0.25, 0.3) is 0 Å². The van der Waals surface area contributed by atoms with Gasteiger partial charge in [-0.1, -0.05) is 49.6 Å². The third-order valence-corrected chi connectivity index (χ3v) is 4.09. The number of rotatable bonds is 2. The molecule has 0 radical (unpaired) electrons. The van der Waals surface area contributed by atoms with Gasteiger partial charge in [0.15, 0.2) is 0 Å². The third kappa shape index (κ3) is 1.80. The molecule has 0 spiro atoms. The molecule has 0 aliphatic heterocycles. The number of hydrogen-bond acceptors (Lipinski definition) is 0. The van der Waals surface area contributed by atoms with E-state index >= 15 is 0 Å². The lowest BCUT2D eigenvalue weighted by atomic mass is 9.76. The lowest BCUT2D eigenvalue weighted by Crippen LogP contribution is -2.36. The van der Waals surface area contributed by atoms with E-state index < -0.39 is 0 Å². The molecule has 1 saturated carbocycles. The summed E-state index contributed by atoms with van der Waals surface area (Å²) in [6.07, 6.45) is 11.0. The number of benzene rings is 1. The molecule has 1 aromatic carbocycles. The van der Waals surface area contributed by atoms with Gasteiger partial charge in [-0.25, -0.2) is 0 Å². The van der Waals surface area contributed by atoms with Crippen LogP contribution in [0.5, 0.6) is 0 Å². The van der Waals surface area contributed by atoms with Gasteiger partial charge in [-0.3, -0.25) is 0 Å². The molecule has 3 rings (SSSR count). The minimum Gasteiger partial charge on any atom is -0.344 e. The summed E-state index contributed by atoms with van der Waals surface area (Å²) in [6, 6.07) is 15.3. The van der Waals surface area contributed by atoms with Crippen LogP contribution in [0, 0.1) is 0 Å². The molecule has 1 heterocycles. The molecule has 88 valence electrons. The second kappa shape index (κ2) is 4.40. The van der Waals surface area contributed by atoms with Gasteiger partial charge in [0, 0.05) is 12.4 Å². The lowest BCUT2D eigenvalue weighted by molar-refractivity contribution is 0.246. The van der Waals surface area contributed by atoms with Crippen molar-refractivity contribution < 1.29 is 0 Å². The van der Waals surface area contributed by atoms with Crippen LogP contribution in [0.4, 0.5) is 0 Å². The fourth-order valence-corrected chi connectivity index (χ4v) is 3.20. The summed E-state index contributed by atoms with van der Waals surface area (Å²) in [7, 11) is 0. The van der Waals surface area contributed by atoms with Crippen molar-refractivity contribution in [2.45, 2.75) is 37.6 Å². The van der Waals surface area contributed by atoms with Crippen molar-refractivity contribution in [3.8, 4) is 0 Å². The predicted molar refractivity (Wildman–Crippen MR) is 71.0 cm³/mol. The van der Waals surface area contributed by atoms with E-state index in [2.05, 4.69) is 59.4 Å². The molecule has 1 heteroatoms. The van der Waals surface area contributed by atoms with Crippen LogP contribution in [0.3, 0.4) is 0 Å². The molecule has 0 saturated heterocycles. The molecule has 1 aromatic heterocycles. The lowest BCUT2D eigenvalue weighted by Gasteiger charge is -2.39. The maximum absolute atomic E-state index is 2.42. The highest BCUT2D eigenvalue weighted by molar-refractivity contribution is 5.27. The van der Waals surface area contributed by atoms with Crippen LogP contribution in [0.2, 0.25) is 0 Å². The van der Waals surface area contributed by atoms with Crippen molar-refractivity contribution in [3.05, 3.63) is 60.4 Å². The highest BCUT2D eigenvalue weighted by Crippen LogP contribution is 2.40. The molecule has 0 amide bonds. The molecule has 0 atom stereocenters. The largest absolute Gasteiger partial charge is 0.344 e. The van der Waals surface area contributed by atoms with Crippen LogP contribution in [0.1, 0.15) is 37.7 Å². The zero-order chi connectivity index (χ0) is 11.6. The summed E-state index contributed by atoms with van der Waals surface area (Å²) < 4.78 is 2.42. The van der Waals surface area contributed by atoms with Crippen molar-refractivity contribution in [2.24, 2.45) is 0 Å². The summed E-state index contributed by atoms with van der Waals surface area (Å²) >= 11 is 0. The first kappa shape index (κ1) is 10.6. The Labute approximate surface area is 103 Å². The van der Waals surface area contributed by atoms with Gasteiger partial charge in [-0.2, -0.15) is 0 Å². The number of nitrogens with zero attached hydrogens (tertiary/aromatic N) is 1. The van der Waals surface area contributed by atoms with Crippen molar-refractivity contribution in [1.82, 2.24) is 4.57 Å². The Balaban J connectivity index is 2.08. The first-order chi connectivity index (χ1) is 8.42. The van der Waals surface area contributed by atoms with Gasteiger partial charge in [0.05, 0.1) is 5.54 Å². The topological polar surface area (TPSA) is 4.93 Å². The van der Waals surface area contributed by atoms with E-state index in [9.17, 15) is 0 Å². The zero-order valence-electron chi connectivity index (χ0n) is 10.2. The Morgan fingerprint density at radius 2 is 1.41 bits per heavy atom. The Hall–Kier alpha value is -1.50. The SMILES string of the molecule is c1ccc(C2(n3cccc3)CCCCC2)cc1. The molecule has 1 aliphatic carbocycles. The van der Waals surface area contributed by atoms with E-state index in [0.717, 1.165) is 0 Å². The van der Waals surface area contributed by atoms with E-state index in [4.69, 9.17) is 0 Å².